The summed E-state index contributed by atoms with van der Waals surface area (Å²) in [6.07, 6.45) is 0. The first-order chi connectivity index (χ1) is 9.75. The number of halogens is 1. The fourth-order valence-corrected chi connectivity index (χ4v) is 2.27. The third-order valence-electron chi connectivity index (χ3n) is 2.86. The van der Waals surface area contributed by atoms with Gasteiger partial charge in [-0.25, -0.2) is 4.79 Å². The lowest BCUT2D eigenvalue weighted by atomic mass is 9.93. The second kappa shape index (κ2) is 5.89. The second-order valence-corrected chi connectivity index (χ2v) is 6.74. The normalized spacial score (nSPS) is 11.3. The highest BCUT2D eigenvalue weighted by Crippen LogP contribution is 2.25. The minimum atomic E-state index is -0.367. The quantitative estimate of drug-likeness (QED) is 0.824. The predicted molar refractivity (Wildman–Crippen MR) is 86.7 cm³/mol. The highest BCUT2D eigenvalue weighted by molar-refractivity contribution is 9.10. The van der Waals surface area contributed by atoms with Gasteiger partial charge < -0.3 is 9.84 Å². The van der Waals surface area contributed by atoms with E-state index >= 15 is 0 Å². The summed E-state index contributed by atoms with van der Waals surface area (Å²) in [6.45, 7) is 8.03. The predicted octanol–water partition coefficient (Wildman–Crippen LogP) is 4.69. The zero-order chi connectivity index (χ0) is 15.6. The van der Waals surface area contributed by atoms with Gasteiger partial charge in [0.25, 0.3) is 0 Å². The zero-order valence-electron chi connectivity index (χ0n) is 12.5. The Morgan fingerprint density at radius 2 is 1.95 bits per heavy atom. The van der Waals surface area contributed by atoms with E-state index in [-0.39, 0.29) is 11.4 Å². The Balaban J connectivity index is 2.03. The summed E-state index contributed by atoms with van der Waals surface area (Å²) in [5.74, 6) is 1.11. The molecule has 0 unspecified atom stereocenters. The number of rotatable bonds is 2. The van der Waals surface area contributed by atoms with E-state index in [1.54, 1.807) is 6.07 Å². The van der Waals surface area contributed by atoms with Crippen LogP contribution in [0.25, 0.3) is 0 Å². The van der Waals surface area contributed by atoms with Crippen LogP contribution >= 0.6 is 15.9 Å². The highest BCUT2D eigenvalue weighted by Gasteiger charge is 2.20. The summed E-state index contributed by atoms with van der Waals surface area (Å²) in [5.41, 5.74) is 1.65. The van der Waals surface area contributed by atoms with Crippen LogP contribution in [-0.2, 0) is 5.41 Å². The number of hydrogen-bond donors (Lipinski definition) is 2. The van der Waals surface area contributed by atoms with Gasteiger partial charge in [-0.05, 0) is 40.5 Å². The smallest absolute Gasteiger partial charge is 0.324 e. The molecule has 0 bridgehead atoms. The SMILES string of the molecule is Cc1ccc(NC(=O)Nc2cc(C(C)(C)C)on2)c(Br)c1. The highest BCUT2D eigenvalue weighted by atomic mass is 79.9. The number of nitrogens with zero attached hydrogens (tertiary/aromatic N) is 1. The zero-order valence-corrected chi connectivity index (χ0v) is 14.0. The number of urea groups is 1. The standard InChI is InChI=1S/C15H18BrN3O2/c1-9-5-6-11(10(16)7-9)17-14(20)18-13-8-12(21-19-13)15(2,3)4/h5-8H,1-4H3,(H2,17,18,19,20). The van der Waals surface area contributed by atoms with Crippen molar-refractivity contribution in [3.8, 4) is 0 Å². The molecule has 0 spiro atoms. The molecule has 0 aliphatic rings. The van der Waals surface area contributed by atoms with Gasteiger partial charge in [0, 0.05) is 16.0 Å². The van der Waals surface area contributed by atoms with Crippen LogP contribution in [-0.4, -0.2) is 11.2 Å². The van der Waals surface area contributed by atoms with Gasteiger partial charge in [-0.1, -0.05) is 32.0 Å². The maximum absolute atomic E-state index is 12.0. The van der Waals surface area contributed by atoms with Crippen LogP contribution in [0.2, 0.25) is 0 Å². The summed E-state index contributed by atoms with van der Waals surface area (Å²) in [6, 6.07) is 7.05. The van der Waals surface area contributed by atoms with E-state index in [0.29, 0.717) is 17.3 Å². The molecule has 0 radical (unpaired) electrons. The van der Waals surface area contributed by atoms with Crippen LogP contribution in [0.5, 0.6) is 0 Å². The maximum atomic E-state index is 12.0. The van der Waals surface area contributed by atoms with Gasteiger partial charge in [0.15, 0.2) is 5.82 Å². The molecule has 21 heavy (non-hydrogen) atoms. The second-order valence-electron chi connectivity index (χ2n) is 5.89. The van der Waals surface area contributed by atoms with Crippen molar-refractivity contribution < 1.29 is 9.32 Å². The number of hydrogen-bond acceptors (Lipinski definition) is 3. The number of amides is 2. The molecule has 5 nitrogen and oxygen atoms in total. The van der Waals surface area contributed by atoms with Gasteiger partial charge in [0.05, 0.1) is 5.69 Å². The third-order valence-corrected chi connectivity index (χ3v) is 3.52. The van der Waals surface area contributed by atoms with Crippen molar-refractivity contribution in [3.05, 3.63) is 40.1 Å². The van der Waals surface area contributed by atoms with Gasteiger partial charge in [-0.15, -0.1) is 0 Å². The summed E-state index contributed by atoms with van der Waals surface area (Å²) >= 11 is 3.41. The largest absolute Gasteiger partial charge is 0.359 e. The van der Waals surface area contributed by atoms with Crippen LogP contribution in [0.15, 0.2) is 33.3 Å². The van der Waals surface area contributed by atoms with E-state index in [4.69, 9.17) is 4.52 Å². The number of aryl methyl sites for hydroxylation is 1. The Morgan fingerprint density at radius 1 is 1.24 bits per heavy atom. The van der Waals surface area contributed by atoms with Crippen molar-refractivity contribution >= 4 is 33.5 Å². The number of anilines is 2. The first-order valence-electron chi connectivity index (χ1n) is 6.57. The molecule has 1 aromatic heterocycles. The van der Waals surface area contributed by atoms with Gasteiger partial charge >= 0.3 is 6.03 Å². The van der Waals surface area contributed by atoms with Crippen LogP contribution in [0.1, 0.15) is 32.1 Å². The van der Waals surface area contributed by atoms with Gasteiger partial charge in [0.1, 0.15) is 5.76 Å². The Kier molecular flexibility index (Phi) is 4.37. The lowest BCUT2D eigenvalue weighted by Crippen LogP contribution is -2.19. The van der Waals surface area contributed by atoms with Crippen molar-refractivity contribution in [1.29, 1.82) is 0 Å². The van der Waals surface area contributed by atoms with E-state index in [9.17, 15) is 4.79 Å². The lowest BCUT2D eigenvalue weighted by Gasteiger charge is -2.12. The fraction of sp³-hybridized carbons (Fsp3) is 0.333. The molecule has 0 saturated heterocycles. The van der Waals surface area contributed by atoms with Crippen molar-refractivity contribution in [3.63, 3.8) is 0 Å². The number of carbonyl (C=O) groups is 1. The van der Waals surface area contributed by atoms with Crippen LogP contribution in [0, 0.1) is 6.92 Å². The summed E-state index contributed by atoms with van der Waals surface area (Å²) in [4.78, 5) is 12.0. The number of carbonyl (C=O) groups excluding carboxylic acids is 1. The van der Waals surface area contributed by atoms with Gasteiger partial charge in [-0.3, -0.25) is 5.32 Å². The molecule has 0 aliphatic heterocycles. The molecule has 1 heterocycles. The first-order valence-corrected chi connectivity index (χ1v) is 7.36. The number of benzene rings is 1. The molecule has 2 amide bonds. The molecular weight excluding hydrogens is 334 g/mol. The molecule has 1 aromatic carbocycles. The van der Waals surface area contributed by atoms with E-state index in [1.165, 1.54) is 0 Å². The topological polar surface area (TPSA) is 67.2 Å². The molecule has 112 valence electrons. The van der Waals surface area contributed by atoms with E-state index in [2.05, 4.69) is 31.7 Å². The van der Waals surface area contributed by atoms with Gasteiger partial charge in [0.2, 0.25) is 0 Å². The molecule has 2 N–H and O–H groups in total. The molecule has 0 atom stereocenters. The fourth-order valence-electron chi connectivity index (χ4n) is 1.68. The van der Waals surface area contributed by atoms with E-state index in [0.717, 1.165) is 10.0 Å². The first kappa shape index (κ1) is 15.6. The molecule has 0 saturated carbocycles. The van der Waals surface area contributed by atoms with E-state index in [1.807, 2.05) is 45.9 Å². The number of nitrogens with one attached hydrogen (secondary N) is 2. The Bertz CT molecular complexity index is 659. The van der Waals surface area contributed by atoms with E-state index < -0.39 is 0 Å². The Hall–Kier alpha value is -1.82. The summed E-state index contributed by atoms with van der Waals surface area (Å²) in [7, 11) is 0. The minimum Gasteiger partial charge on any atom is -0.359 e. The lowest BCUT2D eigenvalue weighted by molar-refractivity contribution is 0.262. The van der Waals surface area contributed by atoms with Crippen LogP contribution in [0.4, 0.5) is 16.3 Å². The van der Waals surface area contributed by atoms with Crippen LogP contribution < -0.4 is 10.6 Å². The van der Waals surface area contributed by atoms with Crippen molar-refractivity contribution in [2.75, 3.05) is 10.6 Å². The number of aromatic nitrogens is 1. The maximum Gasteiger partial charge on any atom is 0.324 e. The Labute approximate surface area is 132 Å². The molecule has 0 aliphatic carbocycles. The Morgan fingerprint density at radius 3 is 2.52 bits per heavy atom. The minimum absolute atomic E-state index is 0.149. The average molecular weight is 352 g/mol. The van der Waals surface area contributed by atoms with Crippen molar-refractivity contribution in [2.24, 2.45) is 0 Å². The third kappa shape index (κ3) is 4.07. The molecular formula is C15H18BrN3O2. The van der Waals surface area contributed by atoms with Gasteiger partial charge in [-0.2, -0.15) is 0 Å². The van der Waals surface area contributed by atoms with Crippen molar-refractivity contribution in [2.45, 2.75) is 33.1 Å². The molecule has 2 aromatic rings. The summed E-state index contributed by atoms with van der Waals surface area (Å²) < 4.78 is 6.04. The molecule has 0 fully saturated rings. The monoisotopic (exact) mass is 351 g/mol. The van der Waals surface area contributed by atoms with Crippen LogP contribution in [0.3, 0.4) is 0 Å². The summed E-state index contributed by atoms with van der Waals surface area (Å²) in [5, 5.41) is 9.25. The molecule has 2 rings (SSSR count). The average Bonchev–Trinajstić information content (AvgIpc) is 2.81. The molecule has 6 heteroatoms. The van der Waals surface area contributed by atoms with Crippen molar-refractivity contribution in [1.82, 2.24) is 5.16 Å².